The van der Waals surface area contributed by atoms with Crippen LogP contribution < -0.4 is 10.1 Å². The lowest BCUT2D eigenvalue weighted by Crippen LogP contribution is -2.49. The van der Waals surface area contributed by atoms with Crippen molar-refractivity contribution < 1.29 is 9.53 Å². The largest absolute Gasteiger partial charge is 0.489 e. The van der Waals surface area contributed by atoms with Gasteiger partial charge in [0.05, 0.1) is 0 Å². The van der Waals surface area contributed by atoms with Gasteiger partial charge in [-0.3, -0.25) is 4.79 Å². The van der Waals surface area contributed by atoms with Crippen LogP contribution >= 0.6 is 0 Å². The molecule has 1 atom stereocenters. The van der Waals surface area contributed by atoms with Crippen LogP contribution in [0.4, 0.5) is 0 Å². The summed E-state index contributed by atoms with van der Waals surface area (Å²) in [6.07, 6.45) is 3.68. The molecule has 2 heterocycles. The number of ether oxygens (including phenoxy) is 1. The van der Waals surface area contributed by atoms with Crippen molar-refractivity contribution in [3.05, 3.63) is 83.9 Å². The number of nitrogens with zero attached hydrogens (tertiary/aromatic N) is 3. The number of hydrogen-bond donors (Lipinski definition) is 1. The first kappa shape index (κ1) is 18.3. The van der Waals surface area contributed by atoms with Crippen LogP contribution in [0.1, 0.15) is 27.8 Å². The van der Waals surface area contributed by atoms with Crippen LogP contribution in [0.15, 0.2) is 67.0 Å². The summed E-state index contributed by atoms with van der Waals surface area (Å²) in [5.41, 5.74) is 1.72. The van der Waals surface area contributed by atoms with Gasteiger partial charge in [0.25, 0.3) is 5.91 Å². The third-order valence-electron chi connectivity index (χ3n) is 4.99. The smallest absolute Gasteiger partial charge is 0.254 e. The van der Waals surface area contributed by atoms with E-state index < -0.39 is 0 Å². The molecule has 6 nitrogen and oxygen atoms in total. The standard InChI is InChI=1S/C22H24N4O2/c1-25-12-11-24-21(25)20-15-23-10-13-26(20)22(27)18-8-5-9-19(14-18)28-16-17-6-3-2-4-7-17/h2-9,11-12,14,20,23H,10,13,15-16H2,1H3. The van der Waals surface area contributed by atoms with Gasteiger partial charge in [-0.25, -0.2) is 4.98 Å². The maximum absolute atomic E-state index is 13.2. The van der Waals surface area contributed by atoms with E-state index >= 15 is 0 Å². The van der Waals surface area contributed by atoms with Crippen molar-refractivity contribution in [1.29, 1.82) is 0 Å². The zero-order valence-corrected chi connectivity index (χ0v) is 15.9. The fourth-order valence-corrected chi connectivity index (χ4v) is 3.50. The zero-order valence-electron chi connectivity index (χ0n) is 15.9. The van der Waals surface area contributed by atoms with E-state index in [1.165, 1.54) is 0 Å². The van der Waals surface area contributed by atoms with Gasteiger partial charge in [0.1, 0.15) is 24.2 Å². The van der Waals surface area contributed by atoms with Crippen LogP contribution in [0.5, 0.6) is 5.75 Å². The van der Waals surface area contributed by atoms with Crippen molar-refractivity contribution >= 4 is 5.91 Å². The summed E-state index contributed by atoms with van der Waals surface area (Å²) < 4.78 is 7.86. The number of amides is 1. The van der Waals surface area contributed by atoms with Crippen molar-refractivity contribution in [1.82, 2.24) is 19.8 Å². The molecule has 1 N–H and O–H groups in total. The minimum Gasteiger partial charge on any atom is -0.489 e. The molecule has 2 aromatic carbocycles. The van der Waals surface area contributed by atoms with Crippen molar-refractivity contribution in [2.24, 2.45) is 7.05 Å². The molecule has 1 amide bonds. The molecule has 1 aliphatic heterocycles. The van der Waals surface area contributed by atoms with E-state index in [4.69, 9.17) is 4.74 Å². The first-order chi connectivity index (χ1) is 13.7. The minimum atomic E-state index is -0.0878. The molecule has 0 spiro atoms. The molecule has 1 saturated heterocycles. The third kappa shape index (κ3) is 3.92. The second-order valence-electron chi connectivity index (χ2n) is 6.92. The molecule has 0 radical (unpaired) electrons. The van der Waals surface area contributed by atoms with Crippen molar-refractivity contribution in [2.45, 2.75) is 12.6 Å². The number of imidazole rings is 1. The molecular weight excluding hydrogens is 352 g/mol. The lowest BCUT2D eigenvalue weighted by Gasteiger charge is -2.35. The Bertz CT molecular complexity index is 938. The van der Waals surface area contributed by atoms with Crippen LogP contribution in [0, 0.1) is 0 Å². The van der Waals surface area contributed by atoms with E-state index in [9.17, 15) is 4.79 Å². The third-order valence-corrected chi connectivity index (χ3v) is 4.99. The van der Waals surface area contributed by atoms with Crippen molar-refractivity contribution in [3.8, 4) is 5.75 Å². The fraction of sp³-hybridized carbons (Fsp3) is 0.273. The first-order valence-corrected chi connectivity index (χ1v) is 9.48. The van der Waals surface area contributed by atoms with Crippen LogP contribution in [0.25, 0.3) is 0 Å². The maximum atomic E-state index is 13.2. The monoisotopic (exact) mass is 376 g/mol. The number of aromatic nitrogens is 2. The lowest BCUT2D eigenvalue weighted by atomic mass is 10.1. The highest BCUT2D eigenvalue weighted by atomic mass is 16.5. The van der Waals surface area contributed by atoms with E-state index in [1.807, 2.05) is 77.3 Å². The highest BCUT2D eigenvalue weighted by Crippen LogP contribution is 2.24. The van der Waals surface area contributed by atoms with Crippen LogP contribution in [0.3, 0.4) is 0 Å². The highest BCUT2D eigenvalue weighted by Gasteiger charge is 2.31. The quantitative estimate of drug-likeness (QED) is 0.744. The van der Waals surface area contributed by atoms with E-state index in [0.29, 0.717) is 31.0 Å². The number of nitrogens with one attached hydrogen (secondary N) is 1. The SMILES string of the molecule is Cn1ccnc1C1CNCCN1C(=O)c1cccc(OCc2ccccc2)c1. The molecule has 1 unspecified atom stereocenters. The minimum absolute atomic E-state index is 0.000314. The van der Waals surface area contributed by atoms with Crippen LogP contribution in [-0.4, -0.2) is 40.0 Å². The molecular formula is C22H24N4O2. The van der Waals surface area contributed by atoms with Crippen LogP contribution in [-0.2, 0) is 13.7 Å². The summed E-state index contributed by atoms with van der Waals surface area (Å²) in [6.45, 7) is 2.59. The summed E-state index contributed by atoms with van der Waals surface area (Å²) >= 11 is 0. The van der Waals surface area contributed by atoms with Gasteiger partial charge in [0.15, 0.2) is 0 Å². The van der Waals surface area contributed by atoms with Crippen molar-refractivity contribution in [2.75, 3.05) is 19.6 Å². The number of benzene rings is 2. The van der Waals surface area contributed by atoms with Gasteiger partial charge in [-0.15, -0.1) is 0 Å². The van der Waals surface area contributed by atoms with Gasteiger partial charge in [0.2, 0.25) is 0 Å². The number of piperazine rings is 1. The maximum Gasteiger partial charge on any atom is 0.254 e. The molecule has 6 heteroatoms. The predicted molar refractivity (Wildman–Crippen MR) is 107 cm³/mol. The Morgan fingerprint density at radius 3 is 2.86 bits per heavy atom. The Labute approximate surface area is 164 Å². The van der Waals surface area contributed by atoms with Gasteiger partial charge in [-0.1, -0.05) is 36.4 Å². The van der Waals surface area contributed by atoms with Gasteiger partial charge in [-0.05, 0) is 23.8 Å². The molecule has 1 fully saturated rings. The Hall–Kier alpha value is -3.12. The average molecular weight is 376 g/mol. The first-order valence-electron chi connectivity index (χ1n) is 9.48. The Balaban J connectivity index is 1.51. The van der Waals surface area contributed by atoms with Gasteiger partial charge in [0, 0.05) is 44.6 Å². The molecule has 28 heavy (non-hydrogen) atoms. The average Bonchev–Trinajstić information content (AvgIpc) is 3.18. The molecule has 1 aromatic heterocycles. The molecule has 0 aliphatic carbocycles. The second-order valence-corrected chi connectivity index (χ2v) is 6.92. The summed E-state index contributed by atoms with van der Waals surface area (Å²) in [5.74, 6) is 1.58. The molecule has 144 valence electrons. The highest BCUT2D eigenvalue weighted by molar-refractivity contribution is 5.95. The summed E-state index contributed by atoms with van der Waals surface area (Å²) in [4.78, 5) is 19.6. The van der Waals surface area contributed by atoms with Gasteiger partial charge >= 0.3 is 0 Å². The summed E-state index contributed by atoms with van der Waals surface area (Å²) in [7, 11) is 1.96. The van der Waals surface area contributed by atoms with E-state index in [-0.39, 0.29) is 11.9 Å². The molecule has 3 aromatic rings. The van der Waals surface area contributed by atoms with E-state index in [0.717, 1.165) is 17.9 Å². The molecule has 1 aliphatic rings. The summed E-state index contributed by atoms with van der Waals surface area (Å²) in [5, 5.41) is 3.36. The van der Waals surface area contributed by atoms with Crippen molar-refractivity contribution in [3.63, 3.8) is 0 Å². The van der Waals surface area contributed by atoms with Gasteiger partial charge in [-0.2, -0.15) is 0 Å². The number of carbonyl (C=O) groups is 1. The fourth-order valence-electron chi connectivity index (χ4n) is 3.50. The van der Waals surface area contributed by atoms with E-state index in [2.05, 4.69) is 10.3 Å². The molecule has 0 bridgehead atoms. The number of hydrogen-bond acceptors (Lipinski definition) is 4. The number of rotatable bonds is 5. The summed E-state index contributed by atoms with van der Waals surface area (Å²) in [6, 6.07) is 17.3. The van der Waals surface area contributed by atoms with Crippen LogP contribution in [0.2, 0.25) is 0 Å². The zero-order chi connectivity index (χ0) is 19.3. The Morgan fingerprint density at radius 2 is 2.07 bits per heavy atom. The lowest BCUT2D eigenvalue weighted by molar-refractivity contribution is 0.0620. The van der Waals surface area contributed by atoms with E-state index in [1.54, 1.807) is 6.20 Å². The number of aryl methyl sites for hydroxylation is 1. The van der Waals surface area contributed by atoms with Gasteiger partial charge < -0.3 is 19.5 Å². The molecule has 0 saturated carbocycles. The molecule has 4 rings (SSSR count). The second kappa shape index (κ2) is 8.27. The number of carbonyl (C=O) groups excluding carboxylic acids is 1. The predicted octanol–water partition coefficient (Wildman–Crippen LogP) is 2.79. The Kier molecular flexibility index (Phi) is 5.39. The normalized spacial score (nSPS) is 16.8. The Morgan fingerprint density at radius 1 is 1.21 bits per heavy atom. The topological polar surface area (TPSA) is 59.4 Å².